The van der Waals surface area contributed by atoms with E-state index in [1.165, 1.54) is 93.9 Å². The summed E-state index contributed by atoms with van der Waals surface area (Å²) in [5, 5.41) is 5.03. The lowest BCUT2D eigenvalue weighted by molar-refractivity contribution is 0.660. The van der Waals surface area contributed by atoms with Gasteiger partial charge in [0.15, 0.2) is 0 Å². The molecule has 12 rings (SSSR count). The standard InChI is InChI=1S/C61H44N2/c1-61(2)56-26-11-7-21-51(56)52-39-38-46(40-57(52)61)62(44-34-30-42(31-35-44)48-25-15-17-41-16-3-4-18-47(41)48)45-36-32-43(33-37-45)49-19-5-6-20-50(49)53-22-8-12-27-58(53)63-59-28-13-9-23-54(59)55-24-10-14-29-60(55)63/h3-40H,1-2H3. The highest BCUT2D eigenvalue weighted by atomic mass is 15.1. The van der Waals surface area contributed by atoms with Gasteiger partial charge in [0.25, 0.3) is 0 Å². The van der Waals surface area contributed by atoms with Crippen molar-refractivity contribution in [2.45, 2.75) is 19.3 Å². The van der Waals surface area contributed by atoms with Crippen molar-refractivity contribution in [2.75, 3.05) is 4.90 Å². The first-order valence-electron chi connectivity index (χ1n) is 21.9. The molecule has 2 nitrogen and oxygen atoms in total. The minimum Gasteiger partial charge on any atom is -0.310 e. The number of anilines is 3. The maximum atomic E-state index is 2.43. The van der Waals surface area contributed by atoms with Crippen LogP contribution < -0.4 is 4.90 Å². The fourth-order valence-electron chi connectivity index (χ4n) is 10.4. The summed E-state index contributed by atoms with van der Waals surface area (Å²) >= 11 is 0. The third-order valence-electron chi connectivity index (χ3n) is 13.4. The molecule has 1 aliphatic carbocycles. The third-order valence-corrected chi connectivity index (χ3v) is 13.4. The molecule has 0 N–H and O–H groups in total. The van der Waals surface area contributed by atoms with Crippen molar-refractivity contribution in [2.24, 2.45) is 0 Å². The average molecular weight is 805 g/mol. The van der Waals surface area contributed by atoms with E-state index in [1.807, 2.05) is 0 Å². The van der Waals surface area contributed by atoms with Gasteiger partial charge in [0.2, 0.25) is 0 Å². The molecule has 1 aliphatic rings. The highest BCUT2D eigenvalue weighted by Crippen LogP contribution is 2.51. The van der Waals surface area contributed by atoms with Gasteiger partial charge in [0, 0.05) is 38.8 Å². The Bertz CT molecular complexity index is 3470. The Hall–Kier alpha value is -7.94. The second-order valence-electron chi connectivity index (χ2n) is 17.3. The lowest BCUT2D eigenvalue weighted by Gasteiger charge is -2.28. The quantitative estimate of drug-likeness (QED) is 0.156. The number of aromatic nitrogens is 1. The predicted octanol–water partition coefficient (Wildman–Crippen LogP) is 16.7. The zero-order valence-corrected chi connectivity index (χ0v) is 35.3. The number of hydrogen-bond donors (Lipinski definition) is 0. The van der Waals surface area contributed by atoms with Gasteiger partial charge in [-0.15, -0.1) is 0 Å². The van der Waals surface area contributed by atoms with E-state index in [-0.39, 0.29) is 5.41 Å². The topological polar surface area (TPSA) is 8.17 Å². The fraction of sp³-hybridized carbons (Fsp3) is 0.0492. The summed E-state index contributed by atoms with van der Waals surface area (Å²) in [4.78, 5) is 2.42. The molecule has 0 fully saturated rings. The van der Waals surface area contributed by atoms with E-state index in [4.69, 9.17) is 0 Å². The number of fused-ring (bicyclic) bond motifs is 7. The highest BCUT2D eigenvalue weighted by molar-refractivity contribution is 6.10. The smallest absolute Gasteiger partial charge is 0.0541 e. The van der Waals surface area contributed by atoms with E-state index < -0.39 is 0 Å². The van der Waals surface area contributed by atoms with Crippen molar-refractivity contribution in [1.29, 1.82) is 0 Å². The Morgan fingerprint density at radius 2 is 0.810 bits per heavy atom. The second kappa shape index (κ2) is 14.6. The van der Waals surface area contributed by atoms with Crippen LogP contribution >= 0.6 is 0 Å². The molecular weight excluding hydrogens is 761 g/mol. The number of rotatable bonds is 7. The predicted molar refractivity (Wildman–Crippen MR) is 267 cm³/mol. The molecule has 0 spiro atoms. The van der Waals surface area contributed by atoms with Gasteiger partial charge < -0.3 is 9.47 Å². The maximum Gasteiger partial charge on any atom is 0.0541 e. The van der Waals surface area contributed by atoms with Crippen molar-refractivity contribution in [3.63, 3.8) is 0 Å². The van der Waals surface area contributed by atoms with E-state index in [1.54, 1.807) is 0 Å². The molecule has 1 heterocycles. The number of para-hydroxylation sites is 3. The number of hydrogen-bond acceptors (Lipinski definition) is 1. The molecule has 0 atom stereocenters. The van der Waals surface area contributed by atoms with Crippen molar-refractivity contribution < 1.29 is 0 Å². The molecule has 63 heavy (non-hydrogen) atoms. The zero-order chi connectivity index (χ0) is 42.1. The minimum absolute atomic E-state index is 0.116. The molecular formula is C61H44N2. The summed E-state index contributed by atoms with van der Waals surface area (Å²) in [7, 11) is 0. The first-order chi connectivity index (χ1) is 31.0. The van der Waals surface area contributed by atoms with Crippen LogP contribution in [0.5, 0.6) is 0 Å². The van der Waals surface area contributed by atoms with Gasteiger partial charge in [-0.1, -0.05) is 190 Å². The molecule has 0 aliphatic heterocycles. The Balaban J connectivity index is 0.972. The SMILES string of the molecule is CC1(C)c2ccccc2-c2ccc(N(c3ccc(-c4ccccc4-c4ccccc4-n4c5ccccc5c5ccccc54)cc3)c3ccc(-c4cccc5ccccc45)cc3)cc21. The summed E-state index contributed by atoms with van der Waals surface area (Å²) in [6, 6.07) is 84.6. The summed E-state index contributed by atoms with van der Waals surface area (Å²) in [5.74, 6) is 0. The molecule has 0 saturated heterocycles. The molecule has 0 radical (unpaired) electrons. The highest BCUT2D eigenvalue weighted by Gasteiger charge is 2.35. The molecule has 2 heteroatoms. The van der Waals surface area contributed by atoms with Gasteiger partial charge in [-0.3, -0.25) is 0 Å². The van der Waals surface area contributed by atoms with E-state index >= 15 is 0 Å². The molecule has 0 unspecified atom stereocenters. The van der Waals surface area contributed by atoms with Crippen LogP contribution in [-0.2, 0) is 5.41 Å². The minimum atomic E-state index is -0.116. The van der Waals surface area contributed by atoms with Gasteiger partial charge >= 0.3 is 0 Å². The molecule has 0 bridgehead atoms. The third kappa shape index (κ3) is 5.94. The summed E-state index contributed by atoms with van der Waals surface area (Å²) in [5.41, 5.74) is 19.4. The van der Waals surface area contributed by atoms with Gasteiger partial charge in [-0.2, -0.15) is 0 Å². The monoisotopic (exact) mass is 804 g/mol. The van der Waals surface area contributed by atoms with Crippen LogP contribution in [0.2, 0.25) is 0 Å². The van der Waals surface area contributed by atoms with Gasteiger partial charge in [0.05, 0.1) is 16.7 Å². The molecule has 10 aromatic carbocycles. The van der Waals surface area contributed by atoms with Crippen LogP contribution in [0.1, 0.15) is 25.0 Å². The largest absolute Gasteiger partial charge is 0.310 e. The summed E-state index contributed by atoms with van der Waals surface area (Å²) in [6.07, 6.45) is 0. The first-order valence-corrected chi connectivity index (χ1v) is 21.9. The van der Waals surface area contributed by atoms with E-state index in [0.717, 1.165) is 17.1 Å². The van der Waals surface area contributed by atoms with E-state index in [9.17, 15) is 0 Å². The van der Waals surface area contributed by atoms with Crippen LogP contribution in [0.4, 0.5) is 17.1 Å². The van der Waals surface area contributed by atoms with Crippen molar-refractivity contribution in [3.05, 3.63) is 242 Å². The zero-order valence-electron chi connectivity index (χ0n) is 35.3. The second-order valence-corrected chi connectivity index (χ2v) is 17.3. The Labute approximate surface area is 368 Å². The first kappa shape index (κ1) is 36.9. The molecule has 298 valence electrons. The van der Waals surface area contributed by atoms with Crippen molar-refractivity contribution >= 4 is 49.6 Å². The molecule has 0 amide bonds. The molecule has 1 aromatic heterocycles. The van der Waals surface area contributed by atoms with Crippen LogP contribution in [0.25, 0.3) is 82.8 Å². The normalized spacial score (nSPS) is 12.7. The van der Waals surface area contributed by atoms with Crippen LogP contribution in [0.3, 0.4) is 0 Å². The molecule has 0 saturated carbocycles. The van der Waals surface area contributed by atoms with Gasteiger partial charge in [-0.05, 0) is 115 Å². The number of benzene rings is 10. The lowest BCUT2D eigenvalue weighted by Crippen LogP contribution is -2.16. The Morgan fingerprint density at radius 1 is 0.333 bits per heavy atom. The van der Waals surface area contributed by atoms with Crippen molar-refractivity contribution in [3.8, 4) is 50.2 Å². The fourth-order valence-corrected chi connectivity index (χ4v) is 10.4. The Morgan fingerprint density at radius 3 is 1.51 bits per heavy atom. The number of nitrogens with zero attached hydrogens (tertiary/aromatic N) is 2. The van der Waals surface area contributed by atoms with Gasteiger partial charge in [0.1, 0.15) is 0 Å². The van der Waals surface area contributed by atoms with Gasteiger partial charge in [-0.25, -0.2) is 0 Å². The van der Waals surface area contributed by atoms with E-state index in [2.05, 4.69) is 254 Å². The van der Waals surface area contributed by atoms with Crippen LogP contribution in [0.15, 0.2) is 231 Å². The van der Waals surface area contributed by atoms with E-state index in [0.29, 0.717) is 0 Å². The summed E-state index contributed by atoms with van der Waals surface area (Å²) in [6.45, 7) is 4.72. The van der Waals surface area contributed by atoms with Crippen LogP contribution in [0, 0.1) is 0 Å². The maximum absolute atomic E-state index is 2.43. The van der Waals surface area contributed by atoms with Crippen LogP contribution in [-0.4, -0.2) is 4.57 Å². The Kier molecular flexibility index (Phi) is 8.55. The van der Waals surface area contributed by atoms with Crippen molar-refractivity contribution in [1.82, 2.24) is 4.57 Å². The molecule has 11 aromatic rings. The summed E-state index contributed by atoms with van der Waals surface area (Å²) < 4.78 is 2.43. The lowest BCUT2D eigenvalue weighted by atomic mass is 9.82. The average Bonchev–Trinajstić information content (AvgIpc) is 3.80.